The second kappa shape index (κ2) is 9.96. The number of aromatic nitrogens is 1. The number of benzene rings is 1. The summed E-state index contributed by atoms with van der Waals surface area (Å²) in [6.07, 6.45) is 10.4. The number of anilines is 1. The highest BCUT2D eigenvalue weighted by molar-refractivity contribution is 6.05. The Kier molecular flexibility index (Phi) is 6.46. The normalized spacial score (nSPS) is 24.5. The predicted octanol–water partition coefficient (Wildman–Crippen LogP) is 3.22. The van der Waals surface area contributed by atoms with Gasteiger partial charge in [-0.25, -0.2) is 4.98 Å². The van der Waals surface area contributed by atoms with Crippen molar-refractivity contribution >= 4 is 29.7 Å². The van der Waals surface area contributed by atoms with Gasteiger partial charge in [-0.1, -0.05) is 6.07 Å². The fourth-order valence-corrected chi connectivity index (χ4v) is 5.89. The van der Waals surface area contributed by atoms with E-state index in [0.29, 0.717) is 30.2 Å². The lowest BCUT2D eigenvalue weighted by Crippen LogP contribution is -2.53. The van der Waals surface area contributed by atoms with Gasteiger partial charge in [-0.3, -0.25) is 14.6 Å². The molecule has 1 spiro atoms. The van der Waals surface area contributed by atoms with Crippen LogP contribution in [0.25, 0.3) is 0 Å². The van der Waals surface area contributed by atoms with E-state index in [1.807, 2.05) is 35.5 Å². The number of nitrogens with zero attached hydrogens (tertiary/aromatic N) is 5. The van der Waals surface area contributed by atoms with Gasteiger partial charge in [0.15, 0.2) is 0 Å². The van der Waals surface area contributed by atoms with Crippen molar-refractivity contribution in [3.63, 3.8) is 0 Å². The van der Waals surface area contributed by atoms with E-state index in [0.717, 1.165) is 49.3 Å². The molecule has 39 heavy (non-hydrogen) atoms. The van der Waals surface area contributed by atoms with Gasteiger partial charge in [0.1, 0.15) is 17.7 Å². The van der Waals surface area contributed by atoms with Crippen LogP contribution in [0, 0.1) is 11.3 Å². The average Bonchev–Trinajstić information content (AvgIpc) is 3.55. The fourth-order valence-electron chi connectivity index (χ4n) is 5.89. The first-order chi connectivity index (χ1) is 18.9. The number of carbonyl (C=O) groups is 2. The maximum atomic E-state index is 12.7. The highest BCUT2D eigenvalue weighted by Crippen LogP contribution is 2.64. The molecule has 1 aromatic carbocycles. The van der Waals surface area contributed by atoms with Crippen LogP contribution in [0.3, 0.4) is 0 Å². The van der Waals surface area contributed by atoms with Gasteiger partial charge in [0.2, 0.25) is 11.6 Å². The number of rotatable bonds is 7. The summed E-state index contributed by atoms with van der Waals surface area (Å²) in [6, 6.07) is 12.7. The van der Waals surface area contributed by atoms with Crippen LogP contribution in [0.5, 0.6) is 0 Å². The van der Waals surface area contributed by atoms with Gasteiger partial charge in [0.25, 0.3) is 11.7 Å². The summed E-state index contributed by atoms with van der Waals surface area (Å²) >= 11 is 0. The number of carbonyl (C=O) groups excluding carboxylic acids is 2. The van der Waals surface area contributed by atoms with Crippen LogP contribution >= 0.6 is 0 Å². The van der Waals surface area contributed by atoms with Crippen molar-refractivity contribution in [1.82, 2.24) is 9.88 Å². The summed E-state index contributed by atoms with van der Waals surface area (Å²) in [7, 11) is 1.62. The molecule has 1 saturated carbocycles. The number of amides is 2. The Morgan fingerprint density at radius 2 is 1.97 bits per heavy atom. The van der Waals surface area contributed by atoms with Gasteiger partial charge in [0, 0.05) is 37.9 Å². The van der Waals surface area contributed by atoms with Crippen molar-refractivity contribution in [3.8, 4) is 0 Å². The van der Waals surface area contributed by atoms with Gasteiger partial charge in [-0.05, 0) is 61.1 Å². The number of aliphatic imine (C=N–C) groups is 2. The number of hydrogen-bond acceptors (Lipinski definition) is 7. The van der Waals surface area contributed by atoms with Crippen LogP contribution in [-0.4, -0.2) is 65.1 Å². The Balaban J connectivity index is 1.20. The molecule has 200 valence electrons. The monoisotopic (exact) mass is 526 g/mol. The molecule has 0 radical (unpaired) electrons. The molecule has 2 fully saturated rings. The zero-order chi connectivity index (χ0) is 27.0. The zero-order valence-electron chi connectivity index (χ0n) is 21.9. The first-order valence-corrected chi connectivity index (χ1v) is 13.3. The van der Waals surface area contributed by atoms with Gasteiger partial charge in [0.05, 0.1) is 31.0 Å². The molecule has 6 rings (SSSR count). The minimum absolute atomic E-state index is 0.0491. The molecule has 3 aliphatic heterocycles. The van der Waals surface area contributed by atoms with E-state index < -0.39 is 0 Å². The Hall–Kier alpha value is -3.99. The molecule has 3 N–H and O–H groups in total. The standard InChI is InChI=1S/C29H31N7O3/c1-39-17-9-25(37)35-14-10-29(11-15-35)18-22(29)26-23-19-31-13-16-36(23,30)27(34-26)20-5-7-21(8-6-20)28(38)33-24-4-2-3-12-32-24/h2-8,12-13,16,19,22H,9-11,14-15,17-18,30H2,1H3/p+1. The molecule has 1 aliphatic carbocycles. The minimum Gasteiger partial charge on any atom is -0.384 e. The van der Waals surface area contributed by atoms with Gasteiger partial charge >= 0.3 is 0 Å². The number of fused-ring (bicyclic) bond motifs is 1. The first-order valence-electron chi connectivity index (χ1n) is 13.3. The number of likely N-dealkylation sites (tertiary alicyclic amines) is 1. The van der Waals surface area contributed by atoms with E-state index in [2.05, 4.69) is 15.3 Å². The quantitative estimate of drug-likeness (QED) is 0.424. The lowest BCUT2D eigenvalue weighted by molar-refractivity contribution is -0.750. The summed E-state index contributed by atoms with van der Waals surface area (Å²) in [5.41, 5.74) is 3.37. The SMILES string of the molecule is COCCC(=O)N1CCC2(CC1)CC2C1=C2C=NC=C[N+]2(N)C(c2ccc(C(=O)Nc3ccccn3)cc2)=N1. The number of amidine groups is 1. The topological polar surface area (TPSA) is 122 Å². The van der Waals surface area contributed by atoms with Crippen molar-refractivity contribution in [3.05, 3.63) is 83.6 Å². The van der Waals surface area contributed by atoms with Gasteiger partial charge in [-0.2, -0.15) is 10.8 Å². The number of hydrogen-bond donors (Lipinski definition) is 2. The third kappa shape index (κ3) is 4.60. The average molecular weight is 527 g/mol. The summed E-state index contributed by atoms with van der Waals surface area (Å²) in [4.78, 5) is 40.8. The third-order valence-electron chi connectivity index (χ3n) is 8.29. The molecule has 10 heteroatoms. The molecule has 2 atom stereocenters. The minimum atomic E-state index is -0.235. The van der Waals surface area contributed by atoms with Crippen LogP contribution in [0.1, 0.15) is 41.6 Å². The molecule has 2 amide bonds. The van der Waals surface area contributed by atoms with Crippen LogP contribution in [0.4, 0.5) is 5.82 Å². The molecular formula is C29H32N7O3+. The summed E-state index contributed by atoms with van der Waals surface area (Å²) in [5, 5.41) is 2.81. The number of nitrogens with two attached hydrogens (primary N) is 1. The van der Waals surface area contributed by atoms with E-state index in [9.17, 15) is 9.59 Å². The van der Waals surface area contributed by atoms with E-state index in [-0.39, 0.29) is 27.7 Å². The lowest BCUT2D eigenvalue weighted by Gasteiger charge is -2.33. The van der Waals surface area contributed by atoms with Crippen LogP contribution in [0.15, 0.2) is 82.4 Å². The van der Waals surface area contributed by atoms with E-state index in [1.54, 1.807) is 43.8 Å². The molecule has 2 aromatic rings. The highest BCUT2D eigenvalue weighted by Gasteiger charge is 2.61. The molecule has 1 aromatic heterocycles. The van der Waals surface area contributed by atoms with Crippen molar-refractivity contribution in [2.24, 2.45) is 27.2 Å². The van der Waals surface area contributed by atoms with E-state index in [4.69, 9.17) is 15.6 Å². The second-order valence-electron chi connectivity index (χ2n) is 10.5. The van der Waals surface area contributed by atoms with E-state index in [1.165, 1.54) is 0 Å². The molecule has 4 heterocycles. The number of quaternary nitrogens is 1. The lowest BCUT2D eigenvalue weighted by atomic mass is 9.89. The molecule has 10 nitrogen and oxygen atoms in total. The van der Waals surface area contributed by atoms with Crippen molar-refractivity contribution in [2.75, 3.05) is 32.1 Å². The molecular weight excluding hydrogens is 494 g/mol. The fraction of sp³-hybridized carbons (Fsp3) is 0.345. The summed E-state index contributed by atoms with van der Waals surface area (Å²) in [5.74, 6) is 8.35. The largest absolute Gasteiger partial charge is 0.384 e. The molecule has 2 unspecified atom stereocenters. The van der Waals surface area contributed by atoms with Gasteiger partial charge < -0.3 is 15.0 Å². The Morgan fingerprint density at radius 1 is 1.18 bits per heavy atom. The third-order valence-corrected chi connectivity index (χ3v) is 8.29. The number of pyridine rings is 1. The number of nitrogens with one attached hydrogen (secondary N) is 1. The van der Waals surface area contributed by atoms with E-state index >= 15 is 0 Å². The second-order valence-corrected chi connectivity index (χ2v) is 10.5. The van der Waals surface area contributed by atoms with Crippen LogP contribution in [-0.2, 0) is 9.53 Å². The number of allylic oxidation sites excluding steroid dienone is 2. The maximum Gasteiger partial charge on any atom is 0.264 e. The predicted molar refractivity (Wildman–Crippen MR) is 147 cm³/mol. The maximum absolute atomic E-state index is 12.7. The Morgan fingerprint density at radius 3 is 2.69 bits per heavy atom. The highest BCUT2D eigenvalue weighted by atomic mass is 16.5. The first kappa shape index (κ1) is 25.3. The van der Waals surface area contributed by atoms with Gasteiger partial charge in [-0.15, -0.1) is 4.59 Å². The molecule has 0 bridgehead atoms. The Labute approximate surface area is 227 Å². The van der Waals surface area contributed by atoms with Crippen molar-refractivity contribution in [1.29, 1.82) is 0 Å². The summed E-state index contributed by atoms with van der Waals surface area (Å²) in [6.45, 7) is 1.98. The molecule has 1 saturated heterocycles. The summed E-state index contributed by atoms with van der Waals surface area (Å²) < 4.78 is 5.02. The molecule has 4 aliphatic rings. The Bertz CT molecular complexity index is 1410. The smallest absolute Gasteiger partial charge is 0.264 e. The number of piperidine rings is 1. The number of ether oxygens (including phenoxy) is 1. The van der Waals surface area contributed by atoms with Crippen molar-refractivity contribution in [2.45, 2.75) is 25.7 Å². The van der Waals surface area contributed by atoms with Crippen LogP contribution < -0.4 is 11.2 Å². The van der Waals surface area contributed by atoms with Crippen LogP contribution in [0.2, 0.25) is 0 Å². The zero-order valence-corrected chi connectivity index (χ0v) is 21.9. The van der Waals surface area contributed by atoms with Crippen molar-refractivity contribution < 1.29 is 18.9 Å². The number of methoxy groups -OCH3 is 1.